The van der Waals surface area contributed by atoms with Crippen molar-refractivity contribution in [3.8, 4) is 0 Å². The molecule has 1 aromatic rings. The predicted molar refractivity (Wildman–Crippen MR) is 53.2 cm³/mol. The standard InChI is InChI=1S/C9H11NO4S/c11-9(8-2-1-4-14-8)10-7-3-5-15(12,13)6-7/h1-2,4,7H,3,5-6H2,(H,10,11)/t7-/m0/s1. The molecule has 5 nitrogen and oxygen atoms in total. The average Bonchev–Trinajstić information content (AvgIpc) is 2.74. The van der Waals surface area contributed by atoms with Gasteiger partial charge in [0, 0.05) is 6.04 Å². The summed E-state index contributed by atoms with van der Waals surface area (Å²) in [5.41, 5.74) is 0. The van der Waals surface area contributed by atoms with Crippen LogP contribution in [0, 0.1) is 0 Å². The third-order valence-electron chi connectivity index (χ3n) is 2.31. The molecule has 1 fully saturated rings. The van der Waals surface area contributed by atoms with E-state index in [1.807, 2.05) is 0 Å². The van der Waals surface area contributed by atoms with E-state index in [-0.39, 0.29) is 29.2 Å². The summed E-state index contributed by atoms with van der Waals surface area (Å²) >= 11 is 0. The smallest absolute Gasteiger partial charge is 0.287 e. The third-order valence-corrected chi connectivity index (χ3v) is 4.08. The molecule has 0 bridgehead atoms. The van der Waals surface area contributed by atoms with Crippen molar-refractivity contribution in [3.63, 3.8) is 0 Å². The summed E-state index contributed by atoms with van der Waals surface area (Å²) in [6, 6.07) is 2.87. The van der Waals surface area contributed by atoms with E-state index < -0.39 is 9.84 Å². The van der Waals surface area contributed by atoms with Gasteiger partial charge in [-0.2, -0.15) is 0 Å². The highest BCUT2D eigenvalue weighted by Gasteiger charge is 2.29. The lowest BCUT2D eigenvalue weighted by Gasteiger charge is -2.08. The minimum atomic E-state index is -2.96. The molecular weight excluding hydrogens is 218 g/mol. The SMILES string of the molecule is O=C(N[C@H]1CCS(=O)(=O)C1)c1ccco1. The summed E-state index contributed by atoms with van der Waals surface area (Å²) in [4.78, 5) is 11.5. The molecule has 1 atom stereocenters. The topological polar surface area (TPSA) is 76.4 Å². The Balaban J connectivity index is 1.97. The number of sulfone groups is 1. The van der Waals surface area contributed by atoms with Crippen LogP contribution in [0.4, 0.5) is 0 Å². The van der Waals surface area contributed by atoms with Crippen molar-refractivity contribution >= 4 is 15.7 Å². The van der Waals surface area contributed by atoms with Crippen LogP contribution in [0.15, 0.2) is 22.8 Å². The zero-order valence-corrected chi connectivity index (χ0v) is 8.79. The van der Waals surface area contributed by atoms with Crippen molar-refractivity contribution in [3.05, 3.63) is 24.2 Å². The van der Waals surface area contributed by atoms with Crippen LogP contribution in [0.3, 0.4) is 0 Å². The Morgan fingerprint density at radius 3 is 2.87 bits per heavy atom. The quantitative estimate of drug-likeness (QED) is 0.785. The van der Waals surface area contributed by atoms with E-state index in [0.29, 0.717) is 6.42 Å². The first-order valence-electron chi connectivity index (χ1n) is 4.62. The molecule has 15 heavy (non-hydrogen) atoms. The summed E-state index contributed by atoms with van der Waals surface area (Å²) in [6.07, 6.45) is 1.88. The molecule has 1 aliphatic heterocycles. The summed E-state index contributed by atoms with van der Waals surface area (Å²) in [7, 11) is -2.96. The zero-order valence-electron chi connectivity index (χ0n) is 7.97. The Bertz CT molecular complexity index is 448. The second-order valence-corrected chi connectivity index (χ2v) is 5.78. The number of nitrogens with one attached hydrogen (secondary N) is 1. The number of rotatable bonds is 2. The molecule has 1 saturated heterocycles. The highest BCUT2D eigenvalue weighted by atomic mass is 32.2. The fourth-order valence-electron chi connectivity index (χ4n) is 1.57. The van der Waals surface area contributed by atoms with Gasteiger partial charge in [-0.1, -0.05) is 0 Å². The number of hydrogen-bond acceptors (Lipinski definition) is 4. The van der Waals surface area contributed by atoms with E-state index in [2.05, 4.69) is 5.32 Å². The van der Waals surface area contributed by atoms with Crippen molar-refractivity contribution in [2.75, 3.05) is 11.5 Å². The first-order chi connectivity index (χ1) is 7.07. The Morgan fingerprint density at radius 1 is 1.53 bits per heavy atom. The van der Waals surface area contributed by atoms with Crippen LogP contribution in [0.1, 0.15) is 17.0 Å². The third kappa shape index (κ3) is 2.38. The molecule has 1 amide bonds. The molecule has 1 aliphatic rings. The van der Waals surface area contributed by atoms with E-state index >= 15 is 0 Å². The van der Waals surface area contributed by atoms with Crippen molar-refractivity contribution in [1.29, 1.82) is 0 Å². The molecule has 6 heteroatoms. The number of amides is 1. The van der Waals surface area contributed by atoms with Gasteiger partial charge in [0.05, 0.1) is 17.8 Å². The molecule has 0 unspecified atom stereocenters. The van der Waals surface area contributed by atoms with Crippen LogP contribution in [0.2, 0.25) is 0 Å². The normalized spacial score (nSPS) is 23.9. The molecule has 1 N–H and O–H groups in total. The fraction of sp³-hybridized carbons (Fsp3) is 0.444. The number of carbonyl (C=O) groups is 1. The monoisotopic (exact) mass is 229 g/mol. The molecule has 82 valence electrons. The zero-order chi connectivity index (χ0) is 10.9. The van der Waals surface area contributed by atoms with Gasteiger partial charge in [-0.25, -0.2) is 8.42 Å². The summed E-state index contributed by atoms with van der Waals surface area (Å²) < 4.78 is 27.2. The van der Waals surface area contributed by atoms with Gasteiger partial charge in [0.2, 0.25) is 0 Å². The van der Waals surface area contributed by atoms with Crippen LogP contribution >= 0.6 is 0 Å². The predicted octanol–water partition coefficient (Wildman–Crippen LogP) is 0.196. The van der Waals surface area contributed by atoms with Crippen LogP contribution in [-0.2, 0) is 9.84 Å². The molecule has 1 aromatic heterocycles. The van der Waals surface area contributed by atoms with Crippen LogP contribution in [0.25, 0.3) is 0 Å². The number of furan rings is 1. The summed E-state index contributed by atoms with van der Waals surface area (Å²) in [5, 5.41) is 2.63. The molecule has 0 radical (unpaired) electrons. The van der Waals surface area contributed by atoms with E-state index in [1.54, 1.807) is 12.1 Å². The lowest BCUT2D eigenvalue weighted by Crippen LogP contribution is -2.35. The molecule has 0 spiro atoms. The maximum Gasteiger partial charge on any atom is 0.287 e. The minimum absolute atomic E-state index is 0.0272. The first-order valence-corrected chi connectivity index (χ1v) is 6.44. The van der Waals surface area contributed by atoms with Gasteiger partial charge in [-0.05, 0) is 18.6 Å². The van der Waals surface area contributed by atoms with Crippen molar-refractivity contribution < 1.29 is 17.6 Å². The molecule has 2 rings (SSSR count). The van der Waals surface area contributed by atoms with E-state index in [9.17, 15) is 13.2 Å². The summed E-state index contributed by atoms with van der Waals surface area (Å²) in [5.74, 6) is 0.0247. The highest BCUT2D eigenvalue weighted by Crippen LogP contribution is 2.12. The second kappa shape index (κ2) is 3.69. The Kier molecular flexibility index (Phi) is 2.52. The second-order valence-electron chi connectivity index (χ2n) is 3.55. The van der Waals surface area contributed by atoms with Gasteiger partial charge < -0.3 is 9.73 Å². The van der Waals surface area contributed by atoms with Gasteiger partial charge in [0.1, 0.15) is 0 Å². The Morgan fingerprint density at radius 2 is 2.33 bits per heavy atom. The highest BCUT2D eigenvalue weighted by molar-refractivity contribution is 7.91. The van der Waals surface area contributed by atoms with Gasteiger partial charge in [0.25, 0.3) is 5.91 Å². The molecule has 0 aromatic carbocycles. The van der Waals surface area contributed by atoms with Gasteiger partial charge in [-0.15, -0.1) is 0 Å². The molecule has 0 saturated carbocycles. The number of carbonyl (C=O) groups excluding carboxylic acids is 1. The van der Waals surface area contributed by atoms with Gasteiger partial charge in [0.15, 0.2) is 15.6 Å². The first kappa shape index (κ1) is 10.2. The maximum absolute atomic E-state index is 11.5. The lowest BCUT2D eigenvalue weighted by molar-refractivity contribution is 0.0913. The van der Waals surface area contributed by atoms with E-state index in [4.69, 9.17) is 4.42 Å². The van der Waals surface area contributed by atoms with Gasteiger partial charge in [-0.3, -0.25) is 4.79 Å². The fourth-order valence-corrected chi connectivity index (χ4v) is 3.25. The van der Waals surface area contributed by atoms with Crippen molar-refractivity contribution in [2.24, 2.45) is 0 Å². The van der Waals surface area contributed by atoms with Gasteiger partial charge >= 0.3 is 0 Å². The number of hydrogen-bond donors (Lipinski definition) is 1. The Hall–Kier alpha value is -1.30. The van der Waals surface area contributed by atoms with Crippen LogP contribution < -0.4 is 5.32 Å². The van der Waals surface area contributed by atoms with Crippen LogP contribution in [0.5, 0.6) is 0 Å². The average molecular weight is 229 g/mol. The largest absolute Gasteiger partial charge is 0.459 e. The summed E-state index contributed by atoms with van der Waals surface area (Å²) in [6.45, 7) is 0. The molecular formula is C9H11NO4S. The molecule has 0 aliphatic carbocycles. The molecule has 2 heterocycles. The Labute approximate surface area is 87.4 Å². The lowest BCUT2D eigenvalue weighted by atomic mass is 10.2. The van der Waals surface area contributed by atoms with Crippen LogP contribution in [-0.4, -0.2) is 31.9 Å². The van der Waals surface area contributed by atoms with E-state index in [0.717, 1.165) is 0 Å². The van der Waals surface area contributed by atoms with Crippen molar-refractivity contribution in [1.82, 2.24) is 5.32 Å². The van der Waals surface area contributed by atoms with E-state index in [1.165, 1.54) is 6.26 Å². The maximum atomic E-state index is 11.5. The minimum Gasteiger partial charge on any atom is -0.459 e. The van der Waals surface area contributed by atoms with Crippen molar-refractivity contribution in [2.45, 2.75) is 12.5 Å².